The molecule has 2 aliphatic rings. The molecule has 12 rings (SSSR count). The predicted octanol–water partition coefficient (Wildman–Crippen LogP) is 14.4. The van der Waals surface area contributed by atoms with Gasteiger partial charge in [-0.3, -0.25) is 0 Å². The van der Waals surface area contributed by atoms with E-state index in [0.717, 1.165) is 44.8 Å². The molecule has 9 aromatic carbocycles. The van der Waals surface area contributed by atoms with Crippen LogP contribution in [0.3, 0.4) is 0 Å². The highest BCUT2D eigenvalue weighted by molar-refractivity contribution is 5.98. The van der Waals surface area contributed by atoms with Crippen LogP contribution in [0, 0.1) is 0 Å². The summed E-state index contributed by atoms with van der Waals surface area (Å²) in [4.78, 5) is 12.6. The van der Waals surface area contributed by atoms with Crippen LogP contribution >= 0.6 is 0 Å². The number of benzene rings is 9. The highest BCUT2D eigenvalue weighted by Crippen LogP contribution is 2.63. The summed E-state index contributed by atoms with van der Waals surface area (Å²) in [6.45, 7) is 0. The van der Waals surface area contributed by atoms with Gasteiger partial charge in [0.2, 0.25) is 0 Å². The zero-order chi connectivity index (χ0) is 39.6. The van der Waals surface area contributed by atoms with Crippen LogP contribution in [0.25, 0.3) is 66.9 Å². The minimum absolute atomic E-state index is 0.518. The maximum atomic E-state index is 5.14. The first-order valence-corrected chi connectivity index (χ1v) is 20.6. The van der Waals surface area contributed by atoms with Crippen molar-refractivity contribution in [3.63, 3.8) is 0 Å². The first kappa shape index (κ1) is 34.2. The van der Waals surface area contributed by atoms with Crippen molar-refractivity contribution in [3.05, 3.63) is 247 Å². The van der Waals surface area contributed by atoms with Crippen LogP contribution in [0.4, 0.5) is 17.1 Å². The van der Waals surface area contributed by atoms with Crippen LogP contribution in [0.1, 0.15) is 22.3 Å². The molecular weight excluding hydrogens is 727 g/mol. The van der Waals surface area contributed by atoms with Gasteiger partial charge in [0, 0.05) is 22.2 Å². The fourth-order valence-electron chi connectivity index (χ4n) is 9.94. The van der Waals surface area contributed by atoms with Gasteiger partial charge in [-0.2, -0.15) is 0 Å². The van der Waals surface area contributed by atoms with Gasteiger partial charge in [-0.05, 0) is 92.0 Å². The molecule has 0 saturated heterocycles. The normalized spacial score (nSPS) is 13.1. The average Bonchev–Trinajstić information content (AvgIpc) is 3.62. The Labute approximate surface area is 349 Å². The lowest BCUT2D eigenvalue weighted by atomic mass is 9.64. The molecule has 10 aromatic rings. The van der Waals surface area contributed by atoms with E-state index >= 15 is 0 Å². The van der Waals surface area contributed by atoms with Crippen molar-refractivity contribution in [2.24, 2.45) is 0 Å². The van der Waals surface area contributed by atoms with Crippen molar-refractivity contribution >= 4 is 28.0 Å². The molecule has 3 heteroatoms. The maximum absolute atomic E-state index is 5.14. The number of fused-ring (bicyclic) bond motifs is 10. The largest absolute Gasteiger partial charge is 0.310 e. The fourth-order valence-corrected chi connectivity index (χ4v) is 9.94. The van der Waals surface area contributed by atoms with Crippen molar-refractivity contribution in [2.45, 2.75) is 5.41 Å². The van der Waals surface area contributed by atoms with E-state index in [1.54, 1.807) is 0 Å². The van der Waals surface area contributed by atoms with Crippen LogP contribution in [0.5, 0.6) is 0 Å². The van der Waals surface area contributed by atoms with Crippen molar-refractivity contribution < 1.29 is 0 Å². The molecule has 0 unspecified atom stereocenters. The summed E-state index contributed by atoms with van der Waals surface area (Å²) in [5.41, 5.74) is 19.4. The van der Waals surface area contributed by atoms with Gasteiger partial charge in [-0.25, -0.2) is 9.97 Å². The smallest absolute Gasteiger partial charge is 0.160 e. The Morgan fingerprint density at radius 1 is 0.333 bits per heavy atom. The summed E-state index contributed by atoms with van der Waals surface area (Å²) >= 11 is 0. The molecule has 0 radical (unpaired) electrons. The summed E-state index contributed by atoms with van der Waals surface area (Å²) in [6.07, 6.45) is 0. The SMILES string of the molecule is c1ccc(-c2nc(-c3ccc(-c4ccccc4-c4ccc5c(c4)C4(c6ccccc6-5)c5ccccc5N(c5ccccc5)c5ccccc54)cc3)nc3ccccc23)cc1. The third-order valence-electron chi connectivity index (χ3n) is 12.5. The summed E-state index contributed by atoms with van der Waals surface area (Å²) in [6, 6.07) is 81.1. The monoisotopic (exact) mass is 763 g/mol. The summed E-state index contributed by atoms with van der Waals surface area (Å²) in [7, 11) is 0. The Bertz CT molecular complexity index is 3210. The molecule has 60 heavy (non-hydrogen) atoms. The number of hydrogen-bond donors (Lipinski definition) is 0. The average molecular weight is 764 g/mol. The molecule has 1 aliphatic heterocycles. The van der Waals surface area contributed by atoms with Crippen molar-refractivity contribution in [2.75, 3.05) is 4.90 Å². The van der Waals surface area contributed by atoms with Crippen LogP contribution < -0.4 is 4.90 Å². The molecule has 0 fully saturated rings. The highest BCUT2D eigenvalue weighted by Gasteiger charge is 2.51. The summed E-state index contributed by atoms with van der Waals surface area (Å²) < 4.78 is 0. The van der Waals surface area contributed by atoms with Gasteiger partial charge in [-0.1, -0.05) is 188 Å². The van der Waals surface area contributed by atoms with Crippen LogP contribution in [-0.4, -0.2) is 9.97 Å². The number of nitrogens with zero attached hydrogens (tertiary/aromatic N) is 3. The molecule has 1 spiro atoms. The van der Waals surface area contributed by atoms with E-state index in [2.05, 4.69) is 217 Å². The Hall–Kier alpha value is -7.88. The highest BCUT2D eigenvalue weighted by atomic mass is 15.2. The Morgan fingerprint density at radius 2 is 0.850 bits per heavy atom. The quantitative estimate of drug-likeness (QED) is 0.175. The van der Waals surface area contributed by atoms with Crippen molar-refractivity contribution in [1.29, 1.82) is 0 Å². The van der Waals surface area contributed by atoms with Gasteiger partial charge in [0.1, 0.15) is 0 Å². The lowest BCUT2D eigenvalue weighted by Crippen LogP contribution is -2.36. The van der Waals surface area contributed by atoms with E-state index in [1.807, 2.05) is 12.1 Å². The Kier molecular flexibility index (Phi) is 7.76. The van der Waals surface area contributed by atoms with Gasteiger partial charge < -0.3 is 4.90 Å². The second-order valence-electron chi connectivity index (χ2n) is 15.7. The Morgan fingerprint density at radius 3 is 1.57 bits per heavy atom. The molecule has 2 heterocycles. The third-order valence-corrected chi connectivity index (χ3v) is 12.5. The topological polar surface area (TPSA) is 29.0 Å². The molecule has 0 N–H and O–H groups in total. The number of para-hydroxylation sites is 4. The second kappa shape index (κ2) is 13.6. The van der Waals surface area contributed by atoms with Crippen molar-refractivity contribution in [3.8, 4) is 56.0 Å². The maximum Gasteiger partial charge on any atom is 0.160 e. The predicted molar refractivity (Wildman–Crippen MR) is 247 cm³/mol. The first-order chi connectivity index (χ1) is 29.8. The molecule has 0 atom stereocenters. The van der Waals surface area contributed by atoms with E-state index < -0.39 is 5.41 Å². The van der Waals surface area contributed by atoms with Crippen LogP contribution in [0.15, 0.2) is 224 Å². The lowest BCUT2D eigenvalue weighted by molar-refractivity contribution is 0.753. The van der Waals surface area contributed by atoms with E-state index in [1.165, 1.54) is 61.4 Å². The molecule has 3 nitrogen and oxygen atoms in total. The van der Waals surface area contributed by atoms with Gasteiger partial charge >= 0.3 is 0 Å². The van der Waals surface area contributed by atoms with Crippen molar-refractivity contribution in [1.82, 2.24) is 9.97 Å². The van der Waals surface area contributed by atoms with Gasteiger partial charge in [0.05, 0.1) is 28.0 Å². The third kappa shape index (κ3) is 5.09. The first-order valence-electron chi connectivity index (χ1n) is 20.6. The number of aromatic nitrogens is 2. The number of hydrogen-bond acceptors (Lipinski definition) is 3. The zero-order valence-electron chi connectivity index (χ0n) is 32.7. The number of anilines is 3. The van der Waals surface area contributed by atoms with Crippen LogP contribution in [-0.2, 0) is 5.41 Å². The van der Waals surface area contributed by atoms with E-state index in [9.17, 15) is 0 Å². The molecular formula is C57H37N3. The molecule has 1 aromatic heterocycles. The fraction of sp³-hybridized carbons (Fsp3) is 0.0175. The molecule has 0 saturated carbocycles. The van der Waals surface area contributed by atoms with Gasteiger partial charge in [0.25, 0.3) is 0 Å². The Balaban J connectivity index is 1.01. The van der Waals surface area contributed by atoms with E-state index in [-0.39, 0.29) is 0 Å². The molecule has 1 aliphatic carbocycles. The van der Waals surface area contributed by atoms with E-state index in [0.29, 0.717) is 0 Å². The molecule has 0 amide bonds. The van der Waals surface area contributed by atoms with Crippen LogP contribution in [0.2, 0.25) is 0 Å². The minimum Gasteiger partial charge on any atom is -0.310 e. The van der Waals surface area contributed by atoms with Gasteiger partial charge in [0.15, 0.2) is 5.82 Å². The summed E-state index contributed by atoms with van der Waals surface area (Å²) in [5, 5.41) is 1.05. The lowest BCUT2D eigenvalue weighted by Gasteiger charge is -2.45. The second-order valence-corrected chi connectivity index (χ2v) is 15.7. The zero-order valence-corrected chi connectivity index (χ0v) is 32.7. The standard InChI is InChI=1S/C57H37N3/c1-3-17-39(18-4-1)55-47-24-10-14-28-52(47)58-56(59-55)40-33-31-38(32-34-40)43-21-7-8-22-44(43)41-35-36-46-45-23-9-11-25-48(45)57(51(46)37-41)49-26-12-15-29-53(49)60(42-19-5-2-6-20-42)54-30-16-13-27-50(54)57/h1-37H. The summed E-state index contributed by atoms with van der Waals surface area (Å²) in [5.74, 6) is 0.717. The van der Waals surface area contributed by atoms with Gasteiger partial charge in [-0.15, -0.1) is 0 Å². The number of rotatable bonds is 5. The van der Waals surface area contributed by atoms with E-state index in [4.69, 9.17) is 9.97 Å². The minimum atomic E-state index is -0.518. The molecule has 0 bridgehead atoms. The molecule has 280 valence electrons.